The van der Waals surface area contributed by atoms with Crippen molar-refractivity contribution in [3.05, 3.63) is 72.6 Å². The van der Waals surface area contributed by atoms with E-state index in [0.717, 1.165) is 71.0 Å². The molecule has 6 atom stereocenters. The molecular formula is C38H48N6O4. The van der Waals surface area contributed by atoms with Gasteiger partial charge in [0, 0.05) is 12.1 Å². The van der Waals surface area contributed by atoms with Crippen molar-refractivity contribution in [1.29, 1.82) is 0 Å². The minimum Gasteiger partial charge on any atom is -0.383 e. The van der Waals surface area contributed by atoms with Crippen molar-refractivity contribution in [3.63, 3.8) is 0 Å². The van der Waals surface area contributed by atoms with E-state index in [-0.39, 0.29) is 47.8 Å². The van der Waals surface area contributed by atoms with E-state index in [2.05, 4.69) is 68.5 Å². The number of H-pyrrole nitrogens is 2. The molecule has 4 aromatic rings. The Morgan fingerprint density at radius 3 is 1.29 bits per heavy atom. The molecule has 10 heteroatoms. The van der Waals surface area contributed by atoms with Crippen molar-refractivity contribution >= 4 is 11.8 Å². The molecule has 0 aliphatic carbocycles. The number of carbonyl (C=O) groups excluding carboxylic acids is 2. The summed E-state index contributed by atoms with van der Waals surface area (Å²) >= 11 is 0. The number of imidazole rings is 2. The van der Waals surface area contributed by atoms with E-state index in [0.29, 0.717) is 0 Å². The maximum atomic E-state index is 13.1. The van der Waals surface area contributed by atoms with E-state index in [4.69, 9.17) is 0 Å². The highest BCUT2D eigenvalue weighted by Crippen LogP contribution is 2.38. The number of aromatic amines is 2. The van der Waals surface area contributed by atoms with Crippen LogP contribution in [0, 0.1) is 11.8 Å². The lowest BCUT2D eigenvalue weighted by atomic mass is 10.0. The van der Waals surface area contributed by atoms with Gasteiger partial charge in [-0.1, -0.05) is 76.2 Å². The zero-order chi connectivity index (χ0) is 34.3. The molecule has 6 rings (SSSR count). The van der Waals surface area contributed by atoms with Gasteiger partial charge in [-0.25, -0.2) is 9.97 Å². The van der Waals surface area contributed by atoms with E-state index in [1.165, 1.54) is 0 Å². The minimum atomic E-state index is -1.02. The van der Waals surface area contributed by atoms with Gasteiger partial charge in [-0.3, -0.25) is 9.59 Å². The molecule has 48 heavy (non-hydrogen) atoms. The third kappa shape index (κ3) is 6.43. The van der Waals surface area contributed by atoms with E-state index in [9.17, 15) is 19.8 Å². The van der Waals surface area contributed by atoms with Gasteiger partial charge in [0.05, 0.1) is 35.9 Å². The number of carbonyl (C=O) groups is 2. The number of nitrogens with one attached hydrogen (secondary N) is 2. The first-order valence-electron chi connectivity index (χ1n) is 17.3. The van der Waals surface area contributed by atoms with Crippen LogP contribution in [0.4, 0.5) is 0 Å². The molecule has 0 radical (unpaired) electrons. The average Bonchev–Trinajstić information content (AvgIpc) is 3.90. The van der Waals surface area contributed by atoms with Crippen molar-refractivity contribution < 1.29 is 19.8 Å². The summed E-state index contributed by atoms with van der Waals surface area (Å²) in [6.45, 7) is 11.5. The molecule has 0 saturated carbocycles. The number of aliphatic hydroxyl groups excluding tert-OH is 2. The number of hydrogen-bond donors (Lipinski definition) is 4. The fraction of sp³-hybridized carbons (Fsp3) is 0.474. The Morgan fingerprint density at radius 1 is 0.625 bits per heavy atom. The van der Waals surface area contributed by atoms with E-state index < -0.39 is 12.2 Å². The molecule has 2 aromatic carbocycles. The third-order valence-corrected chi connectivity index (χ3v) is 10.2. The Hall–Kier alpha value is -4.28. The lowest BCUT2D eigenvalue weighted by Crippen LogP contribution is -2.44. The largest absolute Gasteiger partial charge is 0.383 e. The number of aromatic nitrogens is 4. The van der Waals surface area contributed by atoms with Gasteiger partial charge in [0.25, 0.3) is 11.8 Å². The number of benzene rings is 2. The number of likely N-dealkylation sites (tertiary alicyclic amines) is 2. The van der Waals surface area contributed by atoms with Crippen molar-refractivity contribution in [2.24, 2.45) is 11.8 Å². The van der Waals surface area contributed by atoms with Crippen LogP contribution < -0.4 is 0 Å². The van der Waals surface area contributed by atoms with Gasteiger partial charge in [0.1, 0.15) is 23.9 Å². The monoisotopic (exact) mass is 652 g/mol. The van der Waals surface area contributed by atoms with Gasteiger partial charge in [-0.2, -0.15) is 0 Å². The second kappa shape index (κ2) is 13.7. The zero-order valence-corrected chi connectivity index (χ0v) is 28.7. The molecule has 0 spiro atoms. The van der Waals surface area contributed by atoms with Gasteiger partial charge >= 0.3 is 0 Å². The molecule has 4 heterocycles. The van der Waals surface area contributed by atoms with Crippen LogP contribution in [-0.4, -0.2) is 76.1 Å². The Balaban J connectivity index is 1.13. The number of nitrogens with zero attached hydrogens (tertiary/aromatic N) is 4. The Morgan fingerprint density at radius 2 is 0.958 bits per heavy atom. The number of aliphatic hydroxyl groups is 2. The van der Waals surface area contributed by atoms with Crippen molar-refractivity contribution in [2.75, 3.05) is 0 Å². The second-order valence-corrected chi connectivity index (χ2v) is 14.3. The van der Waals surface area contributed by atoms with Crippen LogP contribution in [0.15, 0.2) is 60.9 Å². The molecule has 4 N–H and O–H groups in total. The Kier molecular flexibility index (Phi) is 9.58. The maximum absolute atomic E-state index is 13.1. The second-order valence-electron chi connectivity index (χ2n) is 14.3. The lowest BCUT2D eigenvalue weighted by Gasteiger charge is -2.30. The van der Waals surface area contributed by atoms with Crippen LogP contribution in [0.3, 0.4) is 0 Å². The number of rotatable bonds is 9. The lowest BCUT2D eigenvalue weighted by molar-refractivity contribution is -0.146. The molecule has 0 unspecified atom stereocenters. The molecular weight excluding hydrogens is 604 g/mol. The number of amides is 2. The smallest absolute Gasteiger partial charge is 0.252 e. The topological polar surface area (TPSA) is 138 Å². The van der Waals surface area contributed by atoms with Gasteiger partial charge in [-0.15, -0.1) is 0 Å². The first-order valence-corrected chi connectivity index (χ1v) is 17.3. The first-order chi connectivity index (χ1) is 22.9. The molecule has 10 nitrogen and oxygen atoms in total. The summed E-state index contributed by atoms with van der Waals surface area (Å²) in [5.41, 5.74) is 5.93. The summed E-state index contributed by atoms with van der Waals surface area (Å²) in [7, 11) is 0. The van der Waals surface area contributed by atoms with Crippen LogP contribution in [-0.2, 0) is 9.59 Å². The van der Waals surface area contributed by atoms with Crippen LogP contribution >= 0.6 is 0 Å². The SMILES string of the molecule is CC(C)[C@H](O)C(=O)N1[C@H](C)CC[C@@H]1c1ncc(-c2ccc(-c3ccc(-c4cnc([C@H]5CC[C@@H](C)N5C(=O)[C@H](O)C(C)C)[nH]4)cc3)cc2)[nH]1. The number of hydrogen-bond acceptors (Lipinski definition) is 6. The Labute approximate surface area is 282 Å². The van der Waals surface area contributed by atoms with Crippen molar-refractivity contribution in [1.82, 2.24) is 29.7 Å². The van der Waals surface area contributed by atoms with E-state index in [1.54, 1.807) is 9.80 Å². The van der Waals surface area contributed by atoms with Crippen LogP contribution in [0.25, 0.3) is 33.6 Å². The summed E-state index contributed by atoms with van der Waals surface area (Å²) in [5.74, 6) is 0.737. The van der Waals surface area contributed by atoms with Crippen molar-refractivity contribution in [3.8, 4) is 33.6 Å². The normalized spacial score (nSPS) is 22.5. The molecule has 2 aromatic heterocycles. The minimum absolute atomic E-state index is 0.0483. The predicted molar refractivity (Wildman–Crippen MR) is 185 cm³/mol. The molecule has 2 amide bonds. The highest BCUT2D eigenvalue weighted by molar-refractivity contribution is 5.82. The molecule has 2 saturated heterocycles. The van der Waals surface area contributed by atoms with Gasteiger partial charge in [-0.05, 0) is 73.6 Å². The molecule has 254 valence electrons. The van der Waals surface area contributed by atoms with Crippen LogP contribution in [0.2, 0.25) is 0 Å². The van der Waals surface area contributed by atoms with Gasteiger partial charge in [0.15, 0.2) is 0 Å². The molecule has 2 aliphatic rings. The third-order valence-electron chi connectivity index (χ3n) is 10.2. The summed E-state index contributed by atoms with van der Waals surface area (Å²) in [6.07, 6.45) is 4.95. The highest BCUT2D eigenvalue weighted by atomic mass is 16.3. The molecule has 2 aliphatic heterocycles. The van der Waals surface area contributed by atoms with E-state index >= 15 is 0 Å². The standard InChI is InChI=1S/C38H48N6O4/c1-21(2)33(45)37(47)43-23(5)7-17-31(43)35-39-19-29(41-35)27-13-9-25(10-14-27)26-11-15-28(16-12-26)30-20-40-36(42-30)32-18-8-24(6)44(32)38(48)34(46)22(3)4/h9-16,19-24,31-34,45-46H,7-8,17-18H2,1-6H3,(H,39,41)(H,40,42)/t23-,24-,31-,32-,33-,34+/m1/s1. The summed E-state index contributed by atoms with van der Waals surface area (Å²) in [6, 6.07) is 16.3. The molecule has 0 bridgehead atoms. The summed E-state index contributed by atoms with van der Waals surface area (Å²) < 4.78 is 0. The van der Waals surface area contributed by atoms with E-state index in [1.807, 2.05) is 53.9 Å². The van der Waals surface area contributed by atoms with Crippen molar-refractivity contribution in [2.45, 2.75) is 104 Å². The average molecular weight is 653 g/mol. The maximum Gasteiger partial charge on any atom is 0.252 e. The van der Waals surface area contributed by atoms with Gasteiger partial charge in [0.2, 0.25) is 0 Å². The fourth-order valence-corrected chi connectivity index (χ4v) is 7.11. The van der Waals surface area contributed by atoms with Crippen LogP contribution in [0.1, 0.15) is 91.0 Å². The van der Waals surface area contributed by atoms with Gasteiger partial charge < -0.3 is 30.0 Å². The van der Waals surface area contributed by atoms with Crippen LogP contribution in [0.5, 0.6) is 0 Å². The quantitative estimate of drug-likeness (QED) is 0.168. The molecule has 2 fully saturated rings. The Bertz CT molecular complexity index is 1600. The summed E-state index contributed by atoms with van der Waals surface area (Å²) in [5, 5.41) is 20.9. The predicted octanol–water partition coefficient (Wildman–Crippen LogP) is 6.27. The first kappa shape index (κ1) is 33.6. The summed E-state index contributed by atoms with van der Waals surface area (Å²) in [4.78, 5) is 46.0. The zero-order valence-electron chi connectivity index (χ0n) is 28.7. The highest BCUT2D eigenvalue weighted by Gasteiger charge is 2.41. The fourth-order valence-electron chi connectivity index (χ4n) is 7.11.